The molecule has 0 aliphatic carbocycles. The molecule has 3 aromatic rings. The maximum atomic E-state index is 13.8. The molecule has 0 radical (unpaired) electrons. The van der Waals surface area contributed by atoms with Gasteiger partial charge in [-0.3, -0.25) is 14.4 Å². The van der Waals surface area contributed by atoms with Gasteiger partial charge in [0.05, 0.1) is 22.9 Å². The second-order valence-electron chi connectivity index (χ2n) is 6.82. The number of anilines is 1. The summed E-state index contributed by atoms with van der Waals surface area (Å²) >= 11 is 0. The van der Waals surface area contributed by atoms with Crippen LogP contribution in [0.25, 0.3) is 0 Å². The zero-order valence-electron chi connectivity index (χ0n) is 16.5. The number of amides is 1. The molecular weight excluding hydrogens is 409 g/mol. The quantitative estimate of drug-likeness (QED) is 0.571. The molecule has 2 aromatic carbocycles. The first-order chi connectivity index (χ1) is 14.3. The molecule has 0 aliphatic heterocycles. The molecule has 1 atom stereocenters. The van der Waals surface area contributed by atoms with Crippen LogP contribution in [0.15, 0.2) is 76.2 Å². The fraction of sp³-hybridized carbons (Fsp3) is 0.190. The molecule has 0 fully saturated rings. The van der Waals surface area contributed by atoms with Crippen molar-refractivity contribution in [1.82, 2.24) is 10.2 Å². The monoisotopic (exact) mass is 431 g/mol. The Morgan fingerprint density at radius 3 is 2.53 bits per heavy atom. The second kappa shape index (κ2) is 9.10. The normalized spacial score (nSPS) is 12.5. The average Bonchev–Trinajstić information content (AvgIpc) is 3.24. The number of sulfonamides is 1. The van der Waals surface area contributed by atoms with Gasteiger partial charge >= 0.3 is 0 Å². The summed E-state index contributed by atoms with van der Waals surface area (Å²) in [5, 5.41) is 2.79. The lowest BCUT2D eigenvalue weighted by molar-refractivity contribution is 0.0939. The van der Waals surface area contributed by atoms with Crippen LogP contribution in [0.1, 0.15) is 22.2 Å². The maximum absolute atomic E-state index is 13.8. The van der Waals surface area contributed by atoms with E-state index in [1.54, 1.807) is 12.3 Å². The highest BCUT2D eigenvalue weighted by atomic mass is 32.2. The van der Waals surface area contributed by atoms with Crippen molar-refractivity contribution >= 4 is 21.6 Å². The number of hydrogen-bond acceptors (Lipinski definition) is 5. The number of benzene rings is 2. The first kappa shape index (κ1) is 21.5. The zero-order valence-corrected chi connectivity index (χ0v) is 17.3. The third-order valence-corrected chi connectivity index (χ3v) is 5.84. The Hall–Kier alpha value is -3.17. The van der Waals surface area contributed by atoms with Crippen molar-refractivity contribution in [2.24, 2.45) is 0 Å². The fourth-order valence-corrected chi connectivity index (χ4v) is 3.97. The highest BCUT2D eigenvalue weighted by Gasteiger charge is 2.20. The summed E-state index contributed by atoms with van der Waals surface area (Å²) in [6, 6.07) is 14.4. The van der Waals surface area contributed by atoms with E-state index < -0.39 is 21.7 Å². The van der Waals surface area contributed by atoms with Gasteiger partial charge in [0, 0.05) is 12.1 Å². The largest absolute Gasteiger partial charge is 0.468 e. The number of hydrogen-bond donors (Lipinski definition) is 2. The summed E-state index contributed by atoms with van der Waals surface area (Å²) < 4.78 is 46.6. The minimum atomic E-state index is -4.07. The Balaban J connectivity index is 1.74. The van der Waals surface area contributed by atoms with Gasteiger partial charge in [-0.15, -0.1) is 0 Å². The predicted molar refractivity (Wildman–Crippen MR) is 111 cm³/mol. The summed E-state index contributed by atoms with van der Waals surface area (Å²) in [6.45, 7) is 0.268. The van der Waals surface area contributed by atoms with Crippen molar-refractivity contribution in [2.45, 2.75) is 10.9 Å². The Bertz CT molecular complexity index is 1110. The van der Waals surface area contributed by atoms with Gasteiger partial charge in [0.15, 0.2) is 0 Å². The molecule has 0 aliphatic rings. The van der Waals surface area contributed by atoms with E-state index in [4.69, 9.17) is 4.42 Å². The van der Waals surface area contributed by atoms with Crippen LogP contribution in [0.2, 0.25) is 0 Å². The molecular formula is C21H22FN3O4S. The maximum Gasteiger partial charge on any atom is 0.262 e. The number of rotatable bonds is 8. The Morgan fingerprint density at radius 2 is 1.87 bits per heavy atom. The summed E-state index contributed by atoms with van der Waals surface area (Å²) in [7, 11) is -0.341. The minimum Gasteiger partial charge on any atom is -0.468 e. The Kier molecular flexibility index (Phi) is 6.53. The van der Waals surface area contributed by atoms with Crippen LogP contribution in [0, 0.1) is 5.82 Å². The number of halogens is 1. The molecule has 3 rings (SSSR count). The topological polar surface area (TPSA) is 91.7 Å². The summed E-state index contributed by atoms with van der Waals surface area (Å²) in [4.78, 5) is 14.4. The van der Waals surface area contributed by atoms with Gasteiger partial charge in [0.1, 0.15) is 11.6 Å². The SMILES string of the molecule is CN(C)C(CNC(=O)c1cccc(S(=O)(=O)Nc2ccccc2F)c1)c1ccco1. The molecule has 158 valence electrons. The molecule has 1 heterocycles. The lowest BCUT2D eigenvalue weighted by Crippen LogP contribution is -2.34. The van der Waals surface area contributed by atoms with E-state index in [0.29, 0.717) is 5.76 Å². The Labute approximate surface area is 174 Å². The number of nitrogens with zero attached hydrogens (tertiary/aromatic N) is 1. The molecule has 0 saturated carbocycles. The van der Waals surface area contributed by atoms with Crippen LogP contribution in [0.5, 0.6) is 0 Å². The van der Waals surface area contributed by atoms with Gasteiger partial charge in [-0.2, -0.15) is 0 Å². The summed E-state index contributed by atoms with van der Waals surface area (Å²) in [5.41, 5.74) is 0.00277. The van der Waals surface area contributed by atoms with Gasteiger partial charge < -0.3 is 9.73 Å². The first-order valence-corrected chi connectivity index (χ1v) is 10.6. The number of furan rings is 1. The lowest BCUT2D eigenvalue weighted by Gasteiger charge is -2.22. The molecule has 1 unspecified atom stereocenters. The van der Waals surface area contributed by atoms with E-state index in [1.807, 2.05) is 25.1 Å². The van der Waals surface area contributed by atoms with Crippen molar-refractivity contribution < 1.29 is 22.0 Å². The number of likely N-dealkylation sites (N-methyl/N-ethyl adjacent to an activating group) is 1. The number of para-hydroxylation sites is 1. The molecule has 30 heavy (non-hydrogen) atoms. The standard InChI is InChI=1S/C21H22FN3O4S/c1-25(2)19(20-11-6-12-29-20)14-23-21(26)15-7-5-8-16(13-15)30(27,28)24-18-10-4-3-9-17(18)22/h3-13,19,24H,14H2,1-2H3,(H,23,26). The molecule has 0 saturated heterocycles. The van der Waals surface area contributed by atoms with E-state index in [-0.39, 0.29) is 28.7 Å². The number of carbonyl (C=O) groups is 1. The smallest absolute Gasteiger partial charge is 0.262 e. The molecule has 1 aromatic heterocycles. The molecule has 9 heteroatoms. The van der Waals surface area contributed by atoms with Crippen LogP contribution >= 0.6 is 0 Å². The first-order valence-electron chi connectivity index (χ1n) is 9.13. The van der Waals surface area contributed by atoms with E-state index in [2.05, 4.69) is 10.0 Å². The predicted octanol–water partition coefficient (Wildman–Crippen LogP) is 3.25. The van der Waals surface area contributed by atoms with Crippen LogP contribution in [0.4, 0.5) is 10.1 Å². The van der Waals surface area contributed by atoms with Gasteiger partial charge in [-0.25, -0.2) is 12.8 Å². The molecule has 2 N–H and O–H groups in total. The van der Waals surface area contributed by atoms with Crippen molar-refractivity contribution in [3.8, 4) is 0 Å². The van der Waals surface area contributed by atoms with E-state index in [9.17, 15) is 17.6 Å². The second-order valence-corrected chi connectivity index (χ2v) is 8.50. The summed E-state index contributed by atoms with van der Waals surface area (Å²) in [6.07, 6.45) is 1.56. The molecule has 1 amide bonds. The molecule has 0 bridgehead atoms. The van der Waals surface area contributed by atoms with Crippen LogP contribution in [-0.4, -0.2) is 39.9 Å². The number of nitrogens with one attached hydrogen (secondary N) is 2. The van der Waals surface area contributed by atoms with Crippen molar-refractivity contribution in [1.29, 1.82) is 0 Å². The molecule has 7 nitrogen and oxygen atoms in total. The van der Waals surface area contributed by atoms with Gasteiger partial charge in [0.2, 0.25) is 0 Å². The van der Waals surface area contributed by atoms with E-state index >= 15 is 0 Å². The summed E-state index contributed by atoms with van der Waals surface area (Å²) in [5.74, 6) is -0.426. The van der Waals surface area contributed by atoms with Gasteiger partial charge in [0.25, 0.3) is 15.9 Å². The van der Waals surface area contributed by atoms with E-state index in [1.165, 1.54) is 42.5 Å². The van der Waals surface area contributed by atoms with Crippen LogP contribution in [-0.2, 0) is 10.0 Å². The fourth-order valence-electron chi connectivity index (χ4n) is 2.86. The Morgan fingerprint density at radius 1 is 1.10 bits per heavy atom. The van der Waals surface area contributed by atoms with Gasteiger partial charge in [-0.05, 0) is 56.6 Å². The average molecular weight is 431 g/mol. The molecule has 0 spiro atoms. The third kappa shape index (κ3) is 5.05. The van der Waals surface area contributed by atoms with Crippen LogP contribution in [0.3, 0.4) is 0 Å². The highest BCUT2D eigenvalue weighted by Crippen LogP contribution is 2.20. The van der Waals surface area contributed by atoms with E-state index in [0.717, 1.165) is 6.07 Å². The lowest BCUT2D eigenvalue weighted by atomic mass is 10.2. The minimum absolute atomic E-state index is 0.145. The highest BCUT2D eigenvalue weighted by molar-refractivity contribution is 7.92. The third-order valence-electron chi connectivity index (χ3n) is 4.48. The van der Waals surface area contributed by atoms with Crippen molar-refractivity contribution in [2.75, 3.05) is 25.4 Å². The van der Waals surface area contributed by atoms with Crippen LogP contribution < -0.4 is 10.0 Å². The van der Waals surface area contributed by atoms with Crippen molar-refractivity contribution in [3.63, 3.8) is 0 Å². The number of carbonyl (C=O) groups excluding carboxylic acids is 1. The van der Waals surface area contributed by atoms with Crippen molar-refractivity contribution in [3.05, 3.63) is 84.1 Å². The zero-order chi connectivity index (χ0) is 21.7. The van der Waals surface area contributed by atoms with Gasteiger partial charge in [-0.1, -0.05) is 18.2 Å².